The normalized spacial score (nSPS) is 11.3. The second-order valence-corrected chi connectivity index (χ2v) is 13.3. The van der Waals surface area contributed by atoms with Gasteiger partial charge in [-0.2, -0.15) is 0 Å². The van der Waals surface area contributed by atoms with E-state index in [4.69, 9.17) is 9.72 Å². The van der Waals surface area contributed by atoms with Gasteiger partial charge in [0.1, 0.15) is 17.1 Å². The van der Waals surface area contributed by atoms with Gasteiger partial charge in [0, 0.05) is 41.3 Å². The zero-order valence-electron chi connectivity index (χ0n) is 29.7. The van der Waals surface area contributed by atoms with Crippen LogP contribution in [0.4, 0.5) is 16.2 Å². The molecule has 0 unspecified atom stereocenters. The van der Waals surface area contributed by atoms with Gasteiger partial charge < -0.3 is 15.4 Å². The van der Waals surface area contributed by atoms with Gasteiger partial charge in [0.2, 0.25) is 0 Å². The SMILES string of the molecule is CC(C)c1cccc(C(C)C)c1NC(=O)Nc1c(-c2cccc(OCCCc3ccccn3)c2)c2cccnc2n(CCc2ccccc2)c1=O. The predicted molar refractivity (Wildman–Crippen MR) is 207 cm³/mol. The molecule has 51 heavy (non-hydrogen) atoms. The molecule has 6 aromatic rings. The summed E-state index contributed by atoms with van der Waals surface area (Å²) in [6, 6.07) is 33.0. The van der Waals surface area contributed by atoms with Crippen LogP contribution in [0.2, 0.25) is 0 Å². The summed E-state index contributed by atoms with van der Waals surface area (Å²) >= 11 is 0. The highest BCUT2D eigenvalue weighted by Crippen LogP contribution is 2.36. The fourth-order valence-electron chi connectivity index (χ4n) is 6.47. The fourth-order valence-corrected chi connectivity index (χ4v) is 6.47. The van der Waals surface area contributed by atoms with Gasteiger partial charge in [-0.05, 0) is 89.8 Å². The molecule has 260 valence electrons. The molecule has 3 aromatic heterocycles. The Balaban J connectivity index is 1.39. The topological polar surface area (TPSA) is 98.1 Å². The van der Waals surface area contributed by atoms with Crippen molar-refractivity contribution in [1.82, 2.24) is 14.5 Å². The Morgan fingerprint density at radius 3 is 2.18 bits per heavy atom. The molecule has 0 aliphatic heterocycles. The molecule has 3 aromatic carbocycles. The van der Waals surface area contributed by atoms with Crippen LogP contribution in [0.25, 0.3) is 22.2 Å². The third-order valence-electron chi connectivity index (χ3n) is 9.03. The smallest absolute Gasteiger partial charge is 0.323 e. The molecule has 2 amide bonds. The first-order chi connectivity index (χ1) is 24.8. The number of aromatic nitrogens is 3. The second kappa shape index (κ2) is 16.3. The van der Waals surface area contributed by atoms with Crippen LogP contribution in [-0.4, -0.2) is 27.2 Å². The maximum Gasteiger partial charge on any atom is 0.323 e. The number of anilines is 2. The molecule has 8 heteroatoms. The molecule has 0 radical (unpaired) electrons. The lowest BCUT2D eigenvalue weighted by atomic mass is 9.93. The van der Waals surface area contributed by atoms with Crippen LogP contribution in [0.3, 0.4) is 0 Å². The highest BCUT2D eigenvalue weighted by molar-refractivity contribution is 6.07. The van der Waals surface area contributed by atoms with Crippen LogP contribution < -0.4 is 20.9 Å². The zero-order chi connectivity index (χ0) is 35.7. The van der Waals surface area contributed by atoms with Gasteiger partial charge in [0.25, 0.3) is 5.56 Å². The van der Waals surface area contributed by atoms with Crippen molar-refractivity contribution in [3.63, 3.8) is 0 Å². The number of pyridine rings is 3. The summed E-state index contributed by atoms with van der Waals surface area (Å²) in [7, 11) is 0. The molecule has 0 aliphatic rings. The van der Waals surface area contributed by atoms with Crippen LogP contribution in [0.1, 0.15) is 68.3 Å². The van der Waals surface area contributed by atoms with Gasteiger partial charge >= 0.3 is 6.03 Å². The van der Waals surface area contributed by atoms with E-state index in [2.05, 4.69) is 43.3 Å². The molecule has 0 spiro atoms. The number of hydrogen-bond donors (Lipinski definition) is 2. The number of fused-ring (bicyclic) bond motifs is 1. The van der Waals surface area contributed by atoms with E-state index < -0.39 is 6.03 Å². The number of aryl methyl sites for hydroxylation is 3. The van der Waals surface area contributed by atoms with Gasteiger partial charge in [-0.25, -0.2) is 9.78 Å². The molecule has 0 aliphatic carbocycles. The number of ether oxygens (including phenoxy) is 1. The average Bonchev–Trinajstić information content (AvgIpc) is 3.14. The first-order valence-corrected chi connectivity index (χ1v) is 17.7. The van der Waals surface area contributed by atoms with E-state index >= 15 is 0 Å². The van der Waals surface area contributed by atoms with Crippen molar-refractivity contribution in [2.75, 3.05) is 17.2 Å². The van der Waals surface area contributed by atoms with Crippen molar-refractivity contribution in [1.29, 1.82) is 0 Å². The average molecular weight is 680 g/mol. The summed E-state index contributed by atoms with van der Waals surface area (Å²) in [5, 5.41) is 6.91. The highest BCUT2D eigenvalue weighted by Gasteiger charge is 2.23. The van der Waals surface area contributed by atoms with E-state index in [1.807, 2.05) is 103 Å². The monoisotopic (exact) mass is 679 g/mol. The van der Waals surface area contributed by atoms with E-state index in [1.165, 1.54) is 0 Å². The van der Waals surface area contributed by atoms with E-state index in [-0.39, 0.29) is 23.1 Å². The van der Waals surface area contributed by atoms with E-state index in [0.29, 0.717) is 36.5 Å². The van der Waals surface area contributed by atoms with Crippen LogP contribution in [0.15, 0.2) is 120 Å². The van der Waals surface area contributed by atoms with Crippen molar-refractivity contribution in [3.05, 3.63) is 148 Å². The maximum atomic E-state index is 14.6. The van der Waals surface area contributed by atoms with Gasteiger partial charge in [-0.15, -0.1) is 0 Å². The van der Waals surface area contributed by atoms with E-state index in [9.17, 15) is 9.59 Å². The van der Waals surface area contributed by atoms with Crippen molar-refractivity contribution in [2.45, 2.75) is 65.3 Å². The zero-order valence-corrected chi connectivity index (χ0v) is 29.7. The summed E-state index contributed by atoms with van der Waals surface area (Å²) in [6.45, 7) is 9.32. The van der Waals surface area contributed by atoms with Gasteiger partial charge in [0.15, 0.2) is 0 Å². The minimum Gasteiger partial charge on any atom is -0.494 e. The number of rotatable bonds is 13. The number of hydrogen-bond acceptors (Lipinski definition) is 5. The third kappa shape index (κ3) is 8.35. The van der Waals surface area contributed by atoms with Crippen molar-refractivity contribution >= 4 is 28.4 Å². The summed E-state index contributed by atoms with van der Waals surface area (Å²) in [4.78, 5) is 37.8. The summed E-state index contributed by atoms with van der Waals surface area (Å²) < 4.78 is 7.86. The van der Waals surface area contributed by atoms with Crippen LogP contribution >= 0.6 is 0 Å². The molecular weight excluding hydrogens is 635 g/mol. The Bertz CT molecular complexity index is 2130. The molecular formula is C43H45N5O3. The van der Waals surface area contributed by atoms with Crippen molar-refractivity contribution < 1.29 is 9.53 Å². The summed E-state index contributed by atoms with van der Waals surface area (Å²) in [5.74, 6) is 1.04. The molecule has 2 N–H and O–H groups in total. The number of carbonyl (C=O) groups excluding carboxylic acids is 1. The maximum absolute atomic E-state index is 14.6. The number of carbonyl (C=O) groups is 1. The van der Waals surface area contributed by atoms with Gasteiger partial charge in [-0.1, -0.05) is 94.4 Å². The molecule has 0 atom stereocenters. The number of benzene rings is 3. The molecule has 0 saturated heterocycles. The number of para-hydroxylation sites is 1. The van der Waals surface area contributed by atoms with Crippen molar-refractivity contribution in [3.8, 4) is 16.9 Å². The molecule has 0 fully saturated rings. The quantitative estimate of drug-likeness (QED) is 0.119. The Morgan fingerprint density at radius 2 is 1.45 bits per heavy atom. The first kappa shape index (κ1) is 35.1. The van der Waals surface area contributed by atoms with Crippen LogP contribution in [0, 0.1) is 0 Å². The Labute approximate surface area is 299 Å². The van der Waals surface area contributed by atoms with E-state index in [0.717, 1.165) is 51.9 Å². The summed E-state index contributed by atoms with van der Waals surface area (Å²) in [6.07, 6.45) is 5.72. The number of nitrogens with zero attached hydrogens (tertiary/aromatic N) is 3. The standard InChI is InChI=1S/C43H45N5O3/c1-29(2)35-20-11-21-36(30(3)4)39(35)46-43(50)47-40-38(32-16-10-19-34(28-32)51-27-13-18-33-17-8-9-24-44-33)37-22-12-25-45-41(37)48(42(40)49)26-23-31-14-6-5-7-15-31/h5-12,14-17,19-22,24-25,28-30H,13,18,23,26-27H2,1-4H3,(H2,46,47,50). The Hall–Kier alpha value is -5.76. The largest absolute Gasteiger partial charge is 0.494 e. The lowest BCUT2D eigenvalue weighted by Gasteiger charge is -2.22. The van der Waals surface area contributed by atoms with Crippen molar-refractivity contribution in [2.24, 2.45) is 0 Å². The lowest BCUT2D eigenvalue weighted by molar-refractivity contribution is 0.262. The van der Waals surface area contributed by atoms with Gasteiger partial charge in [0.05, 0.1) is 6.61 Å². The third-order valence-corrected chi connectivity index (χ3v) is 9.03. The predicted octanol–water partition coefficient (Wildman–Crippen LogP) is 9.60. The minimum absolute atomic E-state index is 0.182. The van der Waals surface area contributed by atoms with Crippen LogP contribution in [0.5, 0.6) is 5.75 Å². The molecule has 0 saturated carbocycles. The van der Waals surface area contributed by atoms with Crippen LogP contribution in [-0.2, 0) is 19.4 Å². The molecule has 6 rings (SSSR count). The molecule has 3 heterocycles. The second-order valence-electron chi connectivity index (χ2n) is 13.3. The lowest BCUT2D eigenvalue weighted by Crippen LogP contribution is -2.30. The minimum atomic E-state index is -0.483. The summed E-state index contributed by atoms with van der Waals surface area (Å²) in [5.41, 5.74) is 6.70. The molecule has 8 nitrogen and oxygen atoms in total. The van der Waals surface area contributed by atoms with E-state index in [1.54, 1.807) is 17.0 Å². The highest BCUT2D eigenvalue weighted by atomic mass is 16.5. The van der Waals surface area contributed by atoms with Gasteiger partial charge in [-0.3, -0.25) is 14.3 Å². The number of nitrogens with one attached hydrogen (secondary N) is 2. The first-order valence-electron chi connectivity index (χ1n) is 17.7. The Kier molecular flexibility index (Phi) is 11.2. The molecule has 0 bridgehead atoms. The Morgan fingerprint density at radius 1 is 0.745 bits per heavy atom. The number of amides is 2. The number of urea groups is 1. The fraction of sp³-hybridized carbons (Fsp3) is 0.256.